The lowest BCUT2D eigenvalue weighted by molar-refractivity contribution is -0.132. The molecule has 0 aromatic carbocycles. The van der Waals surface area contributed by atoms with Gasteiger partial charge in [0.05, 0.1) is 5.75 Å². The predicted molar refractivity (Wildman–Crippen MR) is 132 cm³/mol. The fraction of sp³-hybridized carbons (Fsp3) is 0.720. The molecule has 1 aliphatic carbocycles. The first kappa shape index (κ1) is 27.5. The van der Waals surface area contributed by atoms with Crippen molar-refractivity contribution in [3.8, 4) is 0 Å². The van der Waals surface area contributed by atoms with Crippen molar-refractivity contribution < 1.29 is 22.4 Å². The van der Waals surface area contributed by atoms with Gasteiger partial charge in [0.2, 0.25) is 27.8 Å². The number of sulfonamides is 1. The fourth-order valence-electron chi connectivity index (χ4n) is 5.04. The summed E-state index contributed by atoms with van der Waals surface area (Å²) in [6.07, 6.45) is 8.84. The van der Waals surface area contributed by atoms with Crippen LogP contribution in [0, 0.1) is 17.8 Å². The summed E-state index contributed by atoms with van der Waals surface area (Å²) >= 11 is 0. The quantitative estimate of drug-likeness (QED) is 0.470. The highest BCUT2D eigenvalue weighted by atomic mass is 32.2. The second-order valence-corrected chi connectivity index (χ2v) is 12.3. The molecule has 2 fully saturated rings. The lowest BCUT2D eigenvalue weighted by atomic mass is 9.91. The molecule has 0 bridgehead atoms. The summed E-state index contributed by atoms with van der Waals surface area (Å²) in [6.45, 7) is 4.41. The standard InChI is InChI=1S/C25H39FN4O4S/c1-18(2)14-21(24(31)28-16-20-11-12-23(26)27-15-20)29-25(32)22-10-6-7-13-30(22)35(33,34)17-19-8-4-3-5-9-19/h11-12,15,18-19,21-22H,3-10,13-14,16-17H2,1-2H3,(H,28,31)(H,29,32). The van der Waals surface area contributed by atoms with Gasteiger partial charge in [-0.1, -0.05) is 45.6 Å². The van der Waals surface area contributed by atoms with E-state index in [1.54, 1.807) is 0 Å². The Hall–Kier alpha value is -2.07. The van der Waals surface area contributed by atoms with E-state index in [0.717, 1.165) is 44.9 Å². The molecule has 8 nitrogen and oxygen atoms in total. The Morgan fingerprint density at radius 3 is 2.49 bits per heavy atom. The molecule has 0 radical (unpaired) electrons. The van der Waals surface area contributed by atoms with Crippen molar-refractivity contribution in [1.29, 1.82) is 0 Å². The largest absolute Gasteiger partial charge is 0.350 e. The molecule has 1 aliphatic heterocycles. The first-order chi connectivity index (χ1) is 16.7. The van der Waals surface area contributed by atoms with E-state index in [1.165, 1.54) is 22.6 Å². The van der Waals surface area contributed by atoms with Crippen LogP contribution in [-0.4, -0.2) is 53.9 Å². The molecule has 2 heterocycles. The molecule has 10 heteroatoms. The van der Waals surface area contributed by atoms with E-state index in [2.05, 4.69) is 15.6 Å². The fourth-order valence-corrected chi connectivity index (χ4v) is 7.16. The van der Waals surface area contributed by atoms with Gasteiger partial charge in [-0.15, -0.1) is 0 Å². The van der Waals surface area contributed by atoms with Gasteiger partial charge in [0.25, 0.3) is 0 Å². The Morgan fingerprint density at radius 2 is 1.83 bits per heavy atom. The molecule has 3 rings (SSSR count). The second-order valence-electron chi connectivity index (χ2n) is 10.3. The van der Waals surface area contributed by atoms with Crippen molar-refractivity contribution in [2.75, 3.05) is 12.3 Å². The van der Waals surface area contributed by atoms with E-state index >= 15 is 0 Å². The maximum absolute atomic E-state index is 13.3. The highest BCUT2D eigenvalue weighted by Crippen LogP contribution is 2.28. The van der Waals surface area contributed by atoms with Gasteiger partial charge in [-0.05, 0) is 55.6 Å². The minimum atomic E-state index is -3.57. The highest BCUT2D eigenvalue weighted by molar-refractivity contribution is 7.89. The van der Waals surface area contributed by atoms with Crippen LogP contribution in [0.4, 0.5) is 4.39 Å². The zero-order chi connectivity index (χ0) is 25.4. The van der Waals surface area contributed by atoms with Crippen LogP contribution in [0.15, 0.2) is 18.3 Å². The molecular formula is C25H39FN4O4S. The number of hydrogen-bond acceptors (Lipinski definition) is 5. The summed E-state index contributed by atoms with van der Waals surface area (Å²) in [6, 6.07) is 1.18. The van der Waals surface area contributed by atoms with E-state index in [-0.39, 0.29) is 30.0 Å². The average Bonchev–Trinajstić information content (AvgIpc) is 2.83. The molecule has 1 saturated heterocycles. The summed E-state index contributed by atoms with van der Waals surface area (Å²) < 4.78 is 41.0. The Morgan fingerprint density at radius 1 is 1.11 bits per heavy atom. The number of hydrogen-bond donors (Lipinski definition) is 2. The Labute approximate surface area is 208 Å². The van der Waals surface area contributed by atoms with Crippen LogP contribution in [0.25, 0.3) is 0 Å². The highest BCUT2D eigenvalue weighted by Gasteiger charge is 2.39. The number of carbonyl (C=O) groups is 2. The third-order valence-electron chi connectivity index (χ3n) is 6.88. The average molecular weight is 511 g/mol. The van der Waals surface area contributed by atoms with E-state index in [1.807, 2.05) is 13.8 Å². The lowest BCUT2D eigenvalue weighted by Crippen LogP contribution is -2.57. The van der Waals surface area contributed by atoms with E-state index in [4.69, 9.17) is 0 Å². The van der Waals surface area contributed by atoms with Crippen molar-refractivity contribution in [2.24, 2.45) is 11.8 Å². The minimum Gasteiger partial charge on any atom is -0.350 e. The van der Waals surface area contributed by atoms with Crippen LogP contribution < -0.4 is 10.6 Å². The van der Waals surface area contributed by atoms with Gasteiger partial charge >= 0.3 is 0 Å². The molecule has 2 aliphatic rings. The van der Waals surface area contributed by atoms with E-state index in [0.29, 0.717) is 24.9 Å². The molecule has 196 valence electrons. The van der Waals surface area contributed by atoms with Crippen molar-refractivity contribution in [2.45, 2.75) is 90.3 Å². The minimum absolute atomic E-state index is 0.0956. The Kier molecular flexibility index (Phi) is 10.0. The van der Waals surface area contributed by atoms with Gasteiger partial charge in [0.1, 0.15) is 12.1 Å². The smallest absolute Gasteiger partial charge is 0.242 e. The lowest BCUT2D eigenvalue weighted by Gasteiger charge is -2.36. The number of amides is 2. The summed E-state index contributed by atoms with van der Waals surface area (Å²) in [5.74, 6) is -0.986. The van der Waals surface area contributed by atoms with Crippen molar-refractivity contribution >= 4 is 21.8 Å². The topological polar surface area (TPSA) is 108 Å². The molecule has 1 saturated carbocycles. The first-order valence-corrected chi connectivity index (χ1v) is 14.4. The zero-order valence-corrected chi connectivity index (χ0v) is 21.7. The number of piperidine rings is 1. The number of pyridine rings is 1. The zero-order valence-electron chi connectivity index (χ0n) is 20.8. The first-order valence-electron chi connectivity index (χ1n) is 12.8. The van der Waals surface area contributed by atoms with Crippen LogP contribution in [0.5, 0.6) is 0 Å². The molecule has 2 unspecified atom stereocenters. The summed E-state index contributed by atoms with van der Waals surface area (Å²) in [4.78, 5) is 29.8. The normalized spacial score (nSPS) is 21.0. The third kappa shape index (κ3) is 8.24. The second kappa shape index (κ2) is 12.8. The Bertz CT molecular complexity index is 949. The van der Waals surface area contributed by atoms with Crippen LogP contribution >= 0.6 is 0 Å². The molecule has 2 N–H and O–H groups in total. The van der Waals surface area contributed by atoms with E-state index in [9.17, 15) is 22.4 Å². The Balaban J connectivity index is 1.65. The molecule has 1 aromatic rings. The van der Waals surface area contributed by atoms with Gasteiger partial charge in [-0.3, -0.25) is 9.59 Å². The predicted octanol–water partition coefficient (Wildman–Crippen LogP) is 3.13. The van der Waals surface area contributed by atoms with Crippen molar-refractivity contribution in [3.05, 3.63) is 29.8 Å². The number of carbonyl (C=O) groups excluding carboxylic acids is 2. The number of nitrogens with zero attached hydrogens (tertiary/aromatic N) is 2. The molecule has 0 spiro atoms. The summed E-state index contributed by atoms with van der Waals surface area (Å²) in [5, 5.41) is 5.62. The van der Waals surface area contributed by atoms with Crippen LogP contribution in [-0.2, 0) is 26.2 Å². The number of aromatic nitrogens is 1. The van der Waals surface area contributed by atoms with Gasteiger partial charge in [0, 0.05) is 19.3 Å². The monoisotopic (exact) mass is 510 g/mol. The molecule has 1 aromatic heterocycles. The van der Waals surface area contributed by atoms with E-state index < -0.39 is 34.0 Å². The maximum Gasteiger partial charge on any atom is 0.242 e. The third-order valence-corrected chi connectivity index (χ3v) is 8.92. The van der Waals surface area contributed by atoms with Crippen molar-refractivity contribution in [3.63, 3.8) is 0 Å². The molecular weight excluding hydrogens is 471 g/mol. The van der Waals surface area contributed by atoms with Crippen LogP contribution in [0.3, 0.4) is 0 Å². The van der Waals surface area contributed by atoms with Gasteiger partial charge in [-0.2, -0.15) is 8.70 Å². The van der Waals surface area contributed by atoms with Crippen LogP contribution in [0.1, 0.15) is 77.2 Å². The summed E-state index contributed by atoms with van der Waals surface area (Å²) in [5.41, 5.74) is 0.640. The van der Waals surface area contributed by atoms with Crippen molar-refractivity contribution in [1.82, 2.24) is 19.9 Å². The van der Waals surface area contributed by atoms with Crippen LogP contribution in [0.2, 0.25) is 0 Å². The van der Waals surface area contributed by atoms with Gasteiger partial charge in [-0.25, -0.2) is 13.4 Å². The number of rotatable bonds is 10. The number of halogens is 1. The number of nitrogens with one attached hydrogen (secondary N) is 2. The van der Waals surface area contributed by atoms with Gasteiger partial charge < -0.3 is 10.6 Å². The molecule has 2 atom stereocenters. The maximum atomic E-state index is 13.3. The summed E-state index contributed by atoms with van der Waals surface area (Å²) in [7, 11) is -3.57. The molecule has 35 heavy (non-hydrogen) atoms. The SMILES string of the molecule is CC(C)CC(NC(=O)C1CCCCN1S(=O)(=O)CC1CCCCC1)C(=O)NCc1ccc(F)nc1. The molecule has 2 amide bonds. The van der Waals surface area contributed by atoms with Gasteiger partial charge in [0.15, 0.2) is 0 Å².